The maximum atomic E-state index is 7.14. The molecule has 0 fully saturated rings. The molecule has 0 radical (unpaired) electrons. The van der Waals surface area contributed by atoms with Crippen molar-refractivity contribution >= 4 is 60.5 Å². The summed E-state index contributed by atoms with van der Waals surface area (Å²) < 4.78 is 13.6. The molecule has 5 heteroatoms. The van der Waals surface area contributed by atoms with E-state index in [2.05, 4.69) is 223 Å². The van der Waals surface area contributed by atoms with Crippen LogP contribution in [0.15, 0.2) is 238 Å². The molecule has 3 heterocycles. The largest absolute Gasteiger partial charge is 0.456 e. The van der Waals surface area contributed by atoms with E-state index in [1.54, 1.807) is 0 Å². The topological polar surface area (TPSA) is 62.7 Å². The zero-order valence-corrected chi connectivity index (χ0v) is 35.8. The van der Waals surface area contributed by atoms with Gasteiger partial charge in [0.15, 0.2) is 0 Å². The normalized spacial score (nSPS) is 15.1. The highest BCUT2D eigenvalue weighted by atomic mass is 16.3. The summed E-state index contributed by atoms with van der Waals surface area (Å²) in [7, 11) is 0. The van der Waals surface area contributed by atoms with Crippen molar-refractivity contribution in [1.82, 2.24) is 10.6 Å². The van der Waals surface area contributed by atoms with E-state index in [0.717, 1.165) is 116 Å². The van der Waals surface area contributed by atoms with Crippen LogP contribution in [0.5, 0.6) is 0 Å². The summed E-state index contributed by atoms with van der Waals surface area (Å²) in [6.07, 6.45) is -0.793. The van der Waals surface area contributed by atoms with Gasteiger partial charge in [-0.15, -0.1) is 0 Å². The number of hydrogen-bond donors (Lipinski definition) is 2. The number of aliphatic imine (C=N–C) groups is 1. The summed E-state index contributed by atoms with van der Waals surface area (Å²) in [5.41, 5.74) is 15.5. The molecule has 0 amide bonds. The molecular formula is C61H41N3O2. The van der Waals surface area contributed by atoms with Crippen LogP contribution in [-0.4, -0.2) is 5.84 Å². The average molecular weight is 848 g/mol. The predicted molar refractivity (Wildman–Crippen MR) is 271 cm³/mol. The van der Waals surface area contributed by atoms with Crippen LogP contribution in [-0.2, 0) is 0 Å². The first-order valence-corrected chi connectivity index (χ1v) is 22.5. The van der Waals surface area contributed by atoms with Crippen molar-refractivity contribution in [3.63, 3.8) is 0 Å². The lowest BCUT2D eigenvalue weighted by molar-refractivity contribution is 0.412. The zero-order valence-electron chi connectivity index (χ0n) is 35.8. The minimum Gasteiger partial charge on any atom is -0.456 e. The molecule has 0 bridgehead atoms. The SMILES string of the molecule is c1ccc(-c2ccc(C3=NC(c4ccc(-c5cc(-c6ccccc6)cc(-c6ccccc6)c5)c5oc6cc7ccccc7cc6c45)NC(c4cccc5oc6ccccc6c45)N3)cc2)cc1. The molecule has 2 unspecified atom stereocenters. The van der Waals surface area contributed by atoms with Crippen LogP contribution in [0.2, 0.25) is 0 Å². The van der Waals surface area contributed by atoms with Crippen molar-refractivity contribution < 1.29 is 8.83 Å². The lowest BCUT2D eigenvalue weighted by Crippen LogP contribution is -2.45. The van der Waals surface area contributed by atoms with Crippen LogP contribution in [0, 0.1) is 0 Å². The quantitative estimate of drug-likeness (QED) is 0.168. The van der Waals surface area contributed by atoms with Gasteiger partial charge >= 0.3 is 0 Å². The van der Waals surface area contributed by atoms with Crippen LogP contribution in [0.25, 0.3) is 99.2 Å². The molecule has 2 N–H and O–H groups in total. The van der Waals surface area contributed by atoms with Gasteiger partial charge in [0.1, 0.15) is 40.5 Å². The Morgan fingerprint density at radius 2 is 0.939 bits per heavy atom. The third-order valence-corrected chi connectivity index (χ3v) is 13.1. The van der Waals surface area contributed by atoms with Crippen LogP contribution in [0.4, 0.5) is 0 Å². The lowest BCUT2D eigenvalue weighted by atomic mass is 9.91. The van der Waals surface area contributed by atoms with Gasteiger partial charge in [-0.2, -0.15) is 0 Å². The number of hydrogen-bond acceptors (Lipinski definition) is 5. The van der Waals surface area contributed by atoms with Gasteiger partial charge in [-0.3, -0.25) is 5.32 Å². The predicted octanol–water partition coefficient (Wildman–Crippen LogP) is 15.6. The number of nitrogens with one attached hydrogen (secondary N) is 2. The maximum Gasteiger partial charge on any atom is 0.143 e. The summed E-state index contributed by atoms with van der Waals surface area (Å²) in [6, 6.07) is 79.4. The molecule has 5 nitrogen and oxygen atoms in total. The van der Waals surface area contributed by atoms with Crippen LogP contribution in [0.3, 0.4) is 0 Å². The first-order valence-electron chi connectivity index (χ1n) is 22.5. The van der Waals surface area contributed by atoms with E-state index in [9.17, 15) is 0 Å². The summed E-state index contributed by atoms with van der Waals surface area (Å²) in [4.78, 5) is 5.57. The van der Waals surface area contributed by atoms with E-state index in [0.29, 0.717) is 0 Å². The second-order valence-electron chi connectivity index (χ2n) is 17.1. The molecule has 1 aliphatic rings. The molecule has 312 valence electrons. The van der Waals surface area contributed by atoms with Gasteiger partial charge in [0.25, 0.3) is 0 Å². The summed E-state index contributed by atoms with van der Waals surface area (Å²) in [5.74, 6) is 0.798. The first-order chi connectivity index (χ1) is 32.7. The van der Waals surface area contributed by atoms with Crippen molar-refractivity contribution in [3.8, 4) is 44.5 Å². The minimum atomic E-state index is -0.465. The van der Waals surface area contributed by atoms with Crippen molar-refractivity contribution in [1.29, 1.82) is 0 Å². The fourth-order valence-corrected chi connectivity index (χ4v) is 9.94. The molecule has 1 aliphatic heterocycles. The molecule has 0 saturated heterocycles. The molecule has 0 spiro atoms. The van der Waals surface area contributed by atoms with Gasteiger partial charge in [-0.25, -0.2) is 4.99 Å². The molecule has 2 atom stereocenters. The summed E-state index contributed by atoms with van der Waals surface area (Å²) in [5, 5.41) is 14.4. The molecule has 13 rings (SSSR count). The van der Waals surface area contributed by atoms with E-state index in [1.165, 1.54) is 5.56 Å². The van der Waals surface area contributed by atoms with Crippen LogP contribution >= 0.6 is 0 Å². The third kappa shape index (κ3) is 6.56. The summed E-state index contributed by atoms with van der Waals surface area (Å²) in [6.45, 7) is 0. The van der Waals surface area contributed by atoms with Crippen molar-refractivity contribution in [2.75, 3.05) is 0 Å². The Morgan fingerprint density at radius 1 is 0.364 bits per heavy atom. The maximum absolute atomic E-state index is 7.14. The number of rotatable bonds is 7. The van der Waals surface area contributed by atoms with Crippen molar-refractivity contribution in [2.24, 2.45) is 4.99 Å². The second kappa shape index (κ2) is 15.6. The highest BCUT2D eigenvalue weighted by Gasteiger charge is 2.31. The van der Waals surface area contributed by atoms with Gasteiger partial charge in [0.05, 0.1) is 0 Å². The molecule has 10 aromatic carbocycles. The number of fused-ring (bicyclic) bond motifs is 7. The fourth-order valence-electron chi connectivity index (χ4n) is 9.94. The molecule has 0 aliphatic carbocycles. The number of benzene rings is 10. The molecule has 66 heavy (non-hydrogen) atoms. The Bertz CT molecular complexity index is 3760. The number of para-hydroxylation sites is 1. The number of nitrogens with zero attached hydrogens (tertiary/aromatic N) is 1. The van der Waals surface area contributed by atoms with E-state index in [-0.39, 0.29) is 6.17 Å². The van der Waals surface area contributed by atoms with Crippen molar-refractivity contribution in [3.05, 3.63) is 241 Å². The Hall–Kier alpha value is -8.51. The monoisotopic (exact) mass is 847 g/mol. The molecular weight excluding hydrogens is 807 g/mol. The van der Waals surface area contributed by atoms with Gasteiger partial charge in [-0.1, -0.05) is 182 Å². The minimum absolute atomic E-state index is 0.328. The molecule has 12 aromatic rings. The molecule has 2 aromatic heterocycles. The molecule has 0 saturated carbocycles. The Kier molecular flexibility index (Phi) is 9.00. The van der Waals surface area contributed by atoms with E-state index >= 15 is 0 Å². The fraction of sp³-hybridized carbons (Fsp3) is 0.0328. The Balaban J connectivity index is 1.03. The zero-order chi connectivity index (χ0) is 43.6. The lowest BCUT2D eigenvalue weighted by Gasteiger charge is -2.33. The number of amidine groups is 1. The van der Waals surface area contributed by atoms with Gasteiger partial charge in [0, 0.05) is 43.8 Å². The second-order valence-corrected chi connectivity index (χ2v) is 17.1. The Morgan fingerprint density at radius 3 is 1.65 bits per heavy atom. The van der Waals surface area contributed by atoms with Crippen LogP contribution in [0.1, 0.15) is 29.0 Å². The highest BCUT2D eigenvalue weighted by molar-refractivity contribution is 6.15. The van der Waals surface area contributed by atoms with E-state index in [1.807, 2.05) is 12.1 Å². The van der Waals surface area contributed by atoms with Gasteiger partial charge in [0.2, 0.25) is 0 Å². The summed E-state index contributed by atoms with van der Waals surface area (Å²) >= 11 is 0. The standard InChI is InChI=1S/C61H41N3O2/c1-4-15-38(16-5-1)41-27-29-42(30-28-41)59-62-60(50-24-14-26-54-56(50)49-23-12-13-25-53(49)65-54)64-61(63-59)51-32-31-48(58-57(51)52-36-43-21-10-11-22-44(43)37-55(52)66-58)47-34-45(39-17-6-2-7-18-39)33-46(35-47)40-19-8-3-9-20-40/h1-37,60-61,64H,(H,62,63). The average Bonchev–Trinajstić information content (AvgIpc) is 3.97. The van der Waals surface area contributed by atoms with Crippen LogP contribution < -0.4 is 10.6 Å². The van der Waals surface area contributed by atoms with Crippen molar-refractivity contribution in [2.45, 2.75) is 12.3 Å². The van der Waals surface area contributed by atoms with Gasteiger partial charge in [-0.05, 0) is 92.2 Å². The highest BCUT2D eigenvalue weighted by Crippen LogP contribution is 2.45. The number of furan rings is 2. The smallest absolute Gasteiger partial charge is 0.143 e. The van der Waals surface area contributed by atoms with Gasteiger partial charge < -0.3 is 14.2 Å². The van der Waals surface area contributed by atoms with E-state index in [4.69, 9.17) is 13.8 Å². The first kappa shape index (κ1) is 38.0. The van der Waals surface area contributed by atoms with E-state index < -0.39 is 6.17 Å². The Labute approximate surface area is 381 Å². The third-order valence-electron chi connectivity index (χ3n) is 13.1.